The summed E-state index contributed by atoms with van der Waals surface area (Å²) in [5.41, 5.74) is 2.39. The monoisotopic (exact) mass is 375 g/mol. The van der Waals surface area contributed by atoms with Gasteiger partial charge in [0.05, 0.1) is 0 Å². The fourth-order valence-electron chi connectivity index (χ4n) is 3.67. The molecule has 0 radical (unpaired) electrons. The smallest absolute Gasteiger partial charge is 0.256 e. The van der Waals surface area contributed by atoms with E-state index in [1.54, 1.807) is 0 Å². The number of anilines is 1. The van der Waals surface area contributed by atoms with Crippen molar-refractivity contribution in [2.24, 2.45) is 0 Å². The molecule has 0 saturated heterocycles. The number of phenolic OH excluding ortho intramolecular Hbond substituents is 1. The first kappa shape index (κ1) is 19.9. The minimum atomic E-state index is -0.327. The number of amides is 1. The Bertz CT molecular complexity index is 1030. The van der Waals surface area contributed by atoms with Gasteiger partial charge in [0.25, 0.3) is 5.91 Å². The number of benzene rings is 3. The van der Waals surface area contributed by atoms with E-state index in [0.29, 0.717) is 11.3 Å². The SMILES string of the molecule is CC(C)(C)c1ccc(NC(=O)c2cccc3ccccc23)c(C(C)(C)C)c1O. The van der Waals surface area contributed by atoms with Crippen LogP contribution in [0.3, 0.4) is 0 Å². The van der Waals surface area contributed by atoms with E-state index in [2.05, 4.69) is 26.1 Å². The van der Waals surface area contributed by atoms with Gasteiger partial charge in [-0.25, -0.2) is 0 Å². The molecule has 0 saturated carbocycles. The Balaban J connectivity index is 2.09. The molecule has 0 aromatic heterocycles. The summed E-state index contributed by atoms with van der Waals surface area (Å²) >= 11 is 0. The molecule has 0 unspecified atom stereocenters. The van der Waals surface area contributed by atoms with Gasteiger partial charge >= 0.3 is 0 Å². The van der Waals surface area contributed by atoms with Crippen LogP contribution in [0.4, 0.5) is 5.69 Å². The average molecular weight is 376 g/mol. The maximum atomic E-state index is 13.1. The van der Waals surface area contributed by atoms with Gasteiger partial charge in [-0.15, -0.1) is 0 Å². The van der Waals surface area contributed by atoms with Crippen molar-refractivity contribution < 1.29 is 9.90 Å². The summed E-state index contributed by atoms with van der Waals surface area (Å²) in [7, 11) is 0. The van der Waals surface area contributed by atoms with Crippen molar-refractivity contribution in [2.75, 3.05) is 5.32 Å². The van der Waals surface area contributed by atoms with E-state index in [4.69, 9.17) is 0 Å². The third-order valence-corrected chi connectivity index (χ3v) is 5.02. The number of hydrogen-bond acceptors (Lipinski definition) is 2. The van der Waals surface area contributed by atoms with E-state index >= 15 is 0 Å². The van der Waals surface area contributed by atoms with Crippen LogP contribution >= 0.6 is 0 Å². The minimum absolute atomic E-state index is 0.176. The lowest BCUT2D eigenvalue weighted by Gasteiger charge is -2.29. The van der Waals surface area contributed by atoms with Crippen LogP contribution in [0.5, 0.6) is 5.75 Å². The predicted octanol–water partition coefficient (Wildman–Crippen LogP) is 6.39. The Kier molecular flexibility index (Phi) is 4.97. The molecule has 0 heterocycles. The highest BCUT2D eigenvalue weighted by atomic mass is 16.3. The first-order valence-electron chi connectivity index (χ1n) is 9.66. The van der Waals surface area contributed by atoms with Gasteiger partial charge < -0.3 is 10.4 Å². The molecule has 0 aliphatic carbocycles. The van der Waals surface area contributed by atoms with Gasteiger partial charge in [0.15, 0.2) is 0 Å². The number of fused-ring (bicyclic) bond motifs is 1. The summed E-state index contributed by atoms with van der Waals surface area (Å²) in [6.07, 6.45) is 0. The molecule has 0 spiro atoms. The molecule has 28 heavy (non-hydrogen) atoms. The van der Waals surface area contributed by atoms with Crippen molar-refractivity contribution in [1.82, 2.24) is 0 Å². The molecule has 0 aliphatic rings. The predicted molar refractivity (Wildman–Crippen MR) is 117 cm³/mol. The molecule has 3 nitrogen and oxygen atoms in total. The Morgan fingerprint density at radius 2 is 1.46 bits per heavy atom. The van der Waals surface area contributed by atoms with E-state index in [-0.39, 0.29) is 22.5 Å². The van der Waals surface area contributed by atoms with Crippen molar-refractivity contribution in [3.8, 4) is 5.75 Å². The quantitative estimate of drug-likeness (QED) is 0.545. The molecule has 0 atom stereocenters. The van der Waals surface area contributed by atoms with Gasteiger partial charge in [-0.3, -0.25) is 4.79 Å². The van der Waals surface area contributed by atoms with Crippen molar-refractivity contribution in [3.63, 3.8) is 0 Å². The highest BCUT2D eigenvalue weighted by Gasteiger charge is 2.29. The lowest BCUT2D eigenvalue weighted by atomic mass is 9.78. The Morgan fingerprint density at radius 3 is 2.11 bits per heavy atom. The van der Waals surface area contributed by atoms with Gasteiger partial charge in [0.2, 0.25) is 0 Å². The van der Waals surface area contributed by atoms with Crippen LogP contribution < -0.4 is 5.32 Å². The second-order valence-electron chi connectivity index (χ2n) is 9.37. The number of nitrogens with one attached hydrogen (secondary N) is 1. The van der Waals surface area contributed by atoms with Crippen molar-refractivity contribution >= 4 is 22.4 Å². The first-order valence-corrected chi connectivity index (χ1v) is 9.66. The fraction of sp³-hybridized carbons (Fsp3) is 0.320. The summed E-state index contributed by atoms with van der Waals surface area (Å²) < 4.78 is 0. The second kappa shape index (κ2) is 6.97. The summed E-state index contributed by atoms with van der Waals surface area (Å²) in [6.45, 7) is 12.3. The van der Waals surface area contributed by atoms with Crippen LogP contribution in [0, 0.1) is 0 Å². The van der Waals surface area contributed by atoms with Crippen molar-refractivity contribution in [1.29, 1.82) is 0 Å². The molecule has 3 aromatic carbocycles. The molecule has 0 fully saturated rings. The number of hydrogen-bond donors (Lipinski definition) is 2. The molecule has 3 rings (SSSR count). The third-order valence-electron chi connectivity index (χ3n) is 5.02. The minimum Gasteiger partial charge on any atom is -0.507 e. The maximum Gasteiger partial charge on any atom is 0.256 e. The van der Waals surface area contributed by atoms with Gasteiger partial charge in [0.1, 0.15) is 5.75 Å². The van der Waals surface area contributed by atoms with Gasteiger partial charge in [-0.1, -0.05) is 84.0 Å². The Labute approximate surface area is 167 Å². The molecule has 3 aromatic rings. The zero-order valence-electron chi connectivity index (χ0n) is 17.6. The highest BCUT2D eigenvalue weighted by Crippen LogP contribution is 2.43. The van der Waals surface area contributed by atoms with E-state index < -0.39 is 0 Å². The van der Waals surface area contributed by atoms with E-state index in [1.165, 1.54) is 0 Å². The molecule has 0 bridgehead atoms. The number of rotatable bonds is 2. The van der Waals surface area contributed by atoms with Crippen LogP contribution in [-0.2, 0) is 10.8 Å². The van der Waals surface area contributed by atoms with Crippen molar-refractivity contribution in [3.05, 3.63) is 71.3 Å². The maximum absolute atomic E-state index is 13.1. The van der Waals surface area contributed by atoms with Crippen LogP contribution in [0.15, 0.2) is 54.6 Å². The lowest BCUT2D eigenvalue weighted by molar-refractivity contribution is 0.102. The lowest BCUT2D eigenvalue weighted by Crippen LogP contribution is -2.21. The first-order chi connectivity index (χ1) is 13.0. The Hall–Kier alpha value is -2.81. The van der Waals surface area contributed by atoms with Crippen molar-refractivity contribution in [2.45, 2.75) is 52.4 Å². The standard InChI is InChI=1S/C25H29NO2/c1-24(2,3)19-14-15-20(21(22(19)27)25(4,5)6)26-23(28)18-13-9-11-16-10-7-8-12-17(16)18/h7-15,27H,1-6H3,(H,26,28). The van der Waals surface area contributed by atoms with Gasteiger partial charge in [-0.2, -0.15) is 0 Å². The number of aromatic hydroxyl groups is 1. The average Bonchev–Trinajstić information content (AvgIpc) is 2.59. The van der Waals surface area contributed by atoms with Gasteiger partial charge in [-0.05, 0) is 39.3 Å². The van der Waals surface area contributed by atoms with Gasteiger partial charge in [0, 0.05) is 16.8 Å². The van der Waals surface area contributed by atoms with Crippen LogP contribution in [-0.4, -0.2) is 11.0 Å². The zero-order chi connectivity index (χ0) is 20.7. The number of carbonyl (C=O) groups is 1. The molecule has 0 aliphatic heterocycles. The summed E-state index contributed by atoms with van der Waals surface area (Å²) in [5.74, 6) is 0.0842. The molecule has 1 amide bonds. The largest absolute Gasteiger partial charge is 0.507 e. The van der Waals surface area contributed by atoms with E-state index in [9.17, 15) is 9.90 Å². The summed E-state index contributed by atoms with van der Waals surface area (Å²) in [6, 6.07) is 17.4. The molecule has 2 N–H and O–H groups in total. The summed E-state index contributed by atoms with van der Waals surface area (Å²) in [4.78, 5) is 13.1. The summed E-state index contributed by atoms with van der Waals surface area (Å²) in [5, 5.41) is 16.0. The third kappa shape index (κ3) is 3.75. The molecule has 146 valence electrons. The normalized spacial score (nSPS) is 12.2. The molecular formula is C25H29NO2. The number of carbonyl (C=O) groups excluding carboxylic acids is 1. The van der Waals surface area contributed by atoms with E-state index in [0.717, 1.165) is 21.9 Å². The highest BCUT2D eigenvalue weighted by molar-refractivity contribution is 6.13. The van der Waals surface area contributed by atoms with Crippen LogP contribution in [0.25, 0.3) is 10.8 Å². The van der Waals surface area contributed by atoms with E-state index in [1.807, 2.05) is 75.4 Å². The van der Waals surface area contributed by atoms with Crippen LogP contribution in [0.2, 0.25) is 0 Å². The Morgan fingerprint density at radius 1 is 0.821 bits per heavy atom. The topological polar surface area (TPSA) is 49.3 Å². The second-order valence-corrected chi connectivity index (χ2v) is 9.37. The zero-order valence-corrected chi connectivity index (χ0v) is 17.6. The molecule has 3 heteroatoms. The number of phenols is 1. The fourth-order valence-corrected chi connectivity index (χ4v) is 3.67. The van der Waals surface area contributed by atoms with Crippen LogP contribution in [0.1, 0.15) is 63.0 Å². The molecular weight excluding hydrogens is 346 g/mol.